The molecule has 0 saturated carbocycles. The molecular formula is C25H21N7O2. The van der Waals surface area contributed by atoms with E-state index in [1.165, 1.54) is 6.92 Å². The normalized spacial score (nSPS) is 15.0. The number of para-hydroxylation sites is 3. The van der Waals surface area contributed by atoms with Crippen molar-refractivity contribution < 1.29 is 9.21 Å². The number of benzene rings is 2. The molecule has 3 aromatic heterocycles. The highest BCUT2D eigenvalue weighted by molar-refractivity contribution is 5.98. The molecule has 9 heteroatoms. The fourth-order valence-electron chi connectivity index (χ4n) is 4.19. The zero-order valence-electron chi connectivity index (χ0n) is 18.6. The number of furan rings is 1. The molecule has 4 heterocycles. The Kier molecular flexibility index (Phi) is 4.54. The largest absolute Gasteiger partial charge is 0.460 e. The van der Waals surface area contributed by atoms with Crippen LogP contribution >= 0.6 is 0 Å². The first-order valence-corrected chi connectivity index (χ1v) is 10.9. The minimum absolute atomic E-state index is 0.226. The predicted octanol–water partition coefficient (Wildman–Crippen LogP) is 4.06. The van der Waals surface area contributed by atoms with E-state index in [1.54, 1.807) is 0 Å². The third kappa shape index (κ3) is 3.34. The SMILES string of the molecule is CC(=O)NC1=Nc2nc3ccccc3n2C(c2cn(-c3ccccc3)nc2-c2ccc(C)o2)N1. The van der Waals surface area contributed by atoms with Gasteiger partial charge in [0.25, 0.3) is 0 Å². The zero-order chi connectivity index (χ0) is 23.2. The highest BCUT2D eigenvalue weighted by Crippen LogP contribution is 2.36. The highest BCUT2D eigenvalue weighted by Gasteiger charge is 2.31. The monoisotopic (exact) mass is 451 g/mol. The molecule has 1 amide bonds. The summed E-state index contributed by atoms with van der Waals surface area (Å²) in [4.78, 5) is 21.1. The van der Waals surface area contributed by atoms with Crippen LogP contribution in [0.2, 0.25) is 0 Å². The van der Waals surface area contributed by atoms with Crippen LogP contribution in [-0.2, 0) is 4.79 Å². The molecular weight excluding hydrogens is 430 g/mol. The third-order valence-corrected chi connectivity index (χ3v) is 5.65. The Labute approximate surface area is 194 Å². The second kappa shape index (κ2) is 7.73. The average Bonchev–Trinajstić information content (AvgIpc) is 3.55. The van der Waals surface area contributed by atoms with Gasteiger partial charge in [0.2, 0.25) is 17.8 Å². The molecule has 1 aliphatic heterocycles. The van der Waals surface area contributed by atoms with Crippen LogP contribution in [0.15, 0.2) is 82.3 Å². The first-order chi connectivity index (χ1) is 16.6. The Morgan fingerprint density at radius 3 is 2.62 bits per heavy atom. The lowest BCUT2D eigenvalue weighted by Crippen LogP contribution is -2.45. The molecule has 2 aromatic carbocycles. The van der Waals surface area contributed by atoms with Crippen molar-refractivity contribution in [2.45, 2.75) is 20.0 Å². The number of aryl methyl sites for hydroxylation is 1. The Morgan fingerprint density at radius 1 is 1.06 bits per heavy atom. The number of imidazole rings is 1. The minimum Gasteiger partial charge on any atom is -0.460 e. The van der Waals surface area contributed by atoms with Crippen molar-refractivity contribution in [3.8, 4) is 17.1 Å². The fourth-order valence-corrected chi connectivity index (χ4v) is 4.19. The Bertz CT molecular complexity index is 1560. The predicted molar refractivity (Wildman–Crippen MR) is 128 cm³/mol. The second-order valence-electron chi connectivity index (χ2n) is 8.08. The molecule has 1 unspecified atom stereocenters. The van der Waals surface area contributed by atoms with Gasteiger partial charge in [-0.1, -0.05) is 30.3 Å². The summed E-state index contributed by atoms with van der Waals surface area (Å²) in [5.74, 6) is 2.04. The number of rotatable bonds is 3. The van der Waals surface area contributed by atoms with Gasteiger partial charge in [-0.2, -0.15) is 10.1 Å². The summed E-state index contributed by atoms with van der Waals surface area (Å²) < 4.78 is 9.80. The van der Waals surface area contributed by atoms with Crippen LogP contribution in [0.4, 0.5) is 5.95 Å². The number of hydrogen-bond donors (Lipinski definition) is 2. The summed E-state index contributed by atoms with van der Waals surface area (Å²) in [6.07, 6.45) is 1.52. The lowest BCUT2D eigenvalue weighted by Gasteiger charge is -2.27. The molecule has 0 saturated heterocycles. The maximum Gasteiger partial charge on any atom is 0.235 e. The number of nitrogens with one attached hydrogen (secondary N) is 2. The molecule has 1 aliphatic rings. The van der Waals surface area contributed by atoms with Crippen LogP contribution in [0.1, 0.15) is 24.4 Å². The van der Waals surface area contributed by atoms with Crippen LogP contribution in [0.5, 0.6) is 0 Å². The number of nitrogens with zero attached hydrogens (tertiary/aromatic N) is 5. The number of carbonyl (C=O) groups excluding carboxylic acids is 1. The van der Waals surface area contributed by atoms with Crippen molar-refractivity contribution in [3.05, 3.63) is 84.3 Å². The van der Waals surface area contributed by atoms with E-state index in [-0.39, 0.29) is 5.91 Å². The average molecular weight is 451 g/mol. The first kappa shape index (κ1) is 20.0. The van der Waals surface area contributed by atoms with Crippen molar-refractivity contribution in [2.24, 2.45) is 4.99 Å². The number of amides is 1. The molecule has 9 nitrogen and oxygen atoms in total. The third-order valence-electron chi connectivity index (χ3n) is 5.65. The Morgan fingerprint density at radius 2 is 1.85 bits per heavy atom. The summed E-state index contributed by atoms with van der Waals surface area (Å²) in [6.45, 7) is 3.35. The number of carbonyl (C=O) groups is 1. The molecule has 0 fully saturated rings. The van der Waals surface area contributed by atoms with Crippen molar-refractivity contribution in [1.82, 2.24) is 30.0 Å². The summed E-state index contributed by atoms with van der Waals surface area (Å²) in [6, 6.07) is 21.5. The van der Waals surface area contributed by atoms with Gasteiger partial charge in [0.05, 0.1) is 16.7 Å². The van der Waals surface area contributed by atoms with Crippen LogP contribution in [0, 0.1) is 6.92 Å². The summed E-state index contributed by atoms with van der Waals surface area (Å²) in [7, 11) is 0. The van der Waals surface area contributed by atoms with Gasteiger partial charge in [-0.3, -0.25) is 14.7 Å². The summed E-state index contributed by atoms with van der Waals surface area (Å²) >= 11 is 0. The summed E-state index contributed by atoms with van der Waals surface area (Å²) in [5, 5.41) is 11.0. The van der Waals surface area contributed by atoms with Gasteiger partial charge in [-0.25, -0.2) is 9.67 Å². The van der Waals surface area contributed by atoms with Crippen LogP contribution < -0.4 is 10.6 Å². The number of hydrogen-bond acceptors (Lipinski definition) is 6. The number of aromatic nitrogens is 4. The lowest BCUT2D eigenvalue weighted by molar-refractivity contribution is -0.117. The van der Waals surface area contributed by atoms with Crippen molar-refractivity contribution in [2.75, 3.05) is 0 Å². The molecule has 2 N–H and O–H groups in total. The standard InChI is InChI=1S/C25H21N7O2/c1-15-12-13-21(34-15)22-18(14-31(30-22)17-8-4-3-5-9-17)23-28-24(26-16(2)33)29-25-27-19-10-6-7-11-20(19)32(23)25/h3-14,23H,1-2H3,(H2,26,27,28,29,33). The molecule has 168 valence electrons. The quantitative estimate of drug-likeness (QED) is 0.431. The van der Waals surface area contributed by atoms with Gasteiger partial charge in [-0.05, 0) is 43.3 Å². The minimum atomic E-state index is -0.445. The van der Waals surface area contributed by atoms with E-state index in [4.69, 9.17) is 14.5 Å². The van der Waals surface area contributed by atoms with E-state index in [9.17, 15) is 4.79 Å². The van der Waals surface area contributed by atoms with Gasteiger partial charge >= 0.3 is 0 Å². The van der Waals surface area contributed by atoms with E-state index >= 15 is 0 Å². The molecule has 6 rings (SSSR count). The maximum absolute atomic E-state index is 11.8. The molecule has 0 spiro atoms. The summed E-state index contributed by atoms with van der Waals surface area (Å²) in [5.41, 5.74) is 4.17. The number of aliphatic imine (C=N–C) groups is 1. The molecule has 5 aromatic rings. The smallest absolute Gasteiger partial charge is 0.235 e. The Balaban J connectivity index is 1.58. The molecule has 0 bridgehead atoms. The number of fused-ring (bicyclic) bond motifs is 3. The van der Waals surface area contributed by atoms with Crippen LogP contribution in [-0.4, -0.2) is 31.2 Å². The molecule has 0 aliphatic carbocycles. The van der Waals surface area contributed by atoms with E-state index in [0.29, 0.717) is 23.4 Å². The second-order valence-corrected chi connectivity index (χ2v) is 8.08. The van der Waals surface area contributed by atoms with E-state index < -0.39 is 6.17 Å². The van der Waals surface area contributed by atoms with Gasteiger partial charge in [0, 0.05) is 18.7 Å². The molecule has 0 radical (unpaired) electrons. The zero-order valence-corrected chi connectivity index (χ0v) is 18.6. The van der Waals surface area contributed by atoms with Gasteiger partial charge in [0.1, 0.15) is 17.6 Å². The molecule has 34 heavy (non-hydrogen) atoms. The van der Waals surface area contributed by atoms with Crippen molar-refractivity contribution >= 4 is 28.8 Å². The lowest BCUT2D eigenvalue weighted by atomic mass is 10.1. The van der Waals surface area contributed by atoms with E-state index in [2.05, 4.69) is 15.6 Å². The molecule has 1 atom stereocenters. The van der Waals surface area contributed by atoms with Gasteiger partial charge in [0.15, 0.2) is 5.76 Å². The Hall–Kier alpha value is -4.66. The van der Waals surface area contributed by atoms with E-state index in [1.807, 2.05) is 89.1 Å². The maximum atomic E-state index is 11.8. The number of guanidine groups is 1. The van der Waals surface area contributed by atoms with Crippen molar-refractivity contribution in [3.63, 3.8) is 0 Å². The van der Waals surface area contributed by atoms with Gasteiger partial charge in [-0.15, -0.1) is 0 Å². The fraction of sp³-hybridized carbons (Fsp3) is 0.120. The topological polar surface area (TPSA) is 102 Å². The highest BCUT2D eigenvalue weighted by atomic mass is 16.3. The van der Waals surface area contributed by atoms with Crippen molar-refractivity contribution in [1.29, 1.82) is 0 Å². The van der Waals surface area contributed by atoms with Crippen LogP contribution in [0.25, 0.3) is 28.2 Å². The van der Waals surface area contributed by atoms with E-state index in [0.717, 1.165) is 28.0 Å². The van der Waals surface area contributed by atoms with Crippen LogP contribution in [0.3, 0.4) is 0 Å². The van der Waals surface area contributed by atoms with Gasteiger partial charge < -0.3 is 9.73 Å². The first-order valence-electron chi connectivity index (χ1n) is 10.9.